The number of non-ortho nitro benzene ring substituents is 1. The molecule has 0 aliphatic heterocycles. The highest BCUT2D eigenvalue weighted by atomic mass is 32.1. The second-order valence-corrected chi connectivity index (χ2v) is 6.00. The third-order valence-corrected chi connectivity index (χ3v) is 4.46. The number of nitrogens with zero attached hydrogens (tertiary/aromatic N) is 2. The number of thiazole rings is 1. The van der Waals surface area contributed by atoms with E-state index in [2.05, 4.69) is 4.98 Å². The third-order valence-electron chi connectivity index (χ3n) is 3.57. The Kier molecular flexibility index (Phi) is 4.95. The number of nitro benzene ring substituents is 1. The van der Waals surface area contributed by atoms with Gasteiger partial charge in [-0.05, 0) is 25.1 Å². The van der Waals surface area contributed by atoms with Crippen molar-refractivity contribution in [3.8, 4) is 33.3 Å². The van der Waals surface area contributed by atoms with Crippen LogP contribution in [0.25, 0.3) is 21.8 Å². The maximum absolute atomic E-state index is 10.9. The minimum atomic E-state index is -0.409. The van der Waals surface area contributed by atoms with Crippen molar-refractivity contribution in [1.82, 2.24) is 4.98 Å². The fraction of sp³-hybridized carbons (Fsp3) is 0.167. The van der Waals surface area contributed by atoms with Crippen LogP contribution in [0, 0.1) is 10.1 Å². The second-order valence-electron chi connectivity index (χ2n) is 5.14. The molecule has 3 aromatic rings. The van der Waals surface area contributed by atoms with Gasteiger partial charge in [-0.1, -0.05) is 12.1 Å². The molecule has 0 bridgehead atoms. The molecule has 3 rings (SSSR count). The number of hydrogen-bond donors (Lipinski definition) is 0. The summed E-state index contributed by atoms with van der Waals surface area (Å²) in [5.41, 5.74) is 2.38. The SMILES string of the molecule is CCOc1ccc(-c2nc(-c3cccc([N+](=O)[O-])c3)cs2)cc1OC. The van der Waals surface area contributed by atoms with Gasteiger partial charge < -0.3 is 9.47 Å². The van der Waals surface area contributed by atoms with E-state index in [0.717, 1.165) is 16.1 Å². The molecule has 0 unspecified atom stereocenters. The van der Waals surface area contributed by atoms with E-state index < -0.39 is 4.92 Å². The Bertz CT molecular complexity index is 908. The average Bonchev–Trinajstić information content (AvgIpc) is 3.12. The second kappa shape index (κ2) is 7.31. The number of benzene rings is 2. The van der Waals surface area contributed by atoms with Gasteiger partial charge in [-0.15, -0.1) is 11.3 Å². The zero-order chi connectivity index (χ0) is 17.8. The Morgan fingerprint density at radius 1 is 1.16 bits per heavy atom. The van der Waals surface area contributed by atoms with E-state index in [1.54, 1.807) is 13.2 Å². The van der Waals surface area contributed by atoms with Crippen molar-refractivity contribution < 1.29 is 14.4 Å². The molecular weight excluding hydrogens is 340 g/mol. The quantitative estimate of drug-likeness (QED) is 0.469. The minimum Gasteiger partial charge on any atom is -0.493 e. The van der Waals surface area contributed by atoms with Crippen LogP contribution in [0.4, 0.5) is 5.69 Å². The molecule has 0 radical (unpaired) electrons. The number of nitro groups is 1. The van der Waals surface area contributed by atoms with Gasteiger partial charge in [0.25, 0.3) is 5.69 Å². The molecule has 7 heteroatoms. The lowest BCUT2D eigenvalue weighted by atomic mass is 10.1. The highest BCUT2D eigenvalue weighted by Gasteiger charge is 2.13. The molecule has 0 aliphatic carbocycles. The van der Waals surface area contributed by atoms with Gasteiger partial charge >= 0.3 is 0 Å². The first-order chi connectivity index (χ1) is 12.1. The van der Waals surface area contributed by atoms with Crippen LogP contribution in [-0.2, 0) is 0 Å². The van der Waals surface area contributed by atoms with E-state index in [1.807, 2.05) is 36.6 Å². The van der Waals surface area contributed by atoms with Crippen LogP contribution in [0.1, 0.15) is 6.92 Å². The molecule has 0 saturated carbocycles. The number of rotatable bonds is 6. The fourth-order valence-electron chi connectivity index (χ4n) is 2.39. The molecule has 0 aliphatic rings. The van der Waals surface area contributed by atoms with E-state index >= 15 is 0 Å². The summed E-state index contributed by atoms with van der Waals surface area (Å²) in [6.45, 7) is 2.48. The monoisotopic (exact) mass is 356 g/mol. The summed E-state index contributed by atoms with van der Waals surface area (Å²) in [5.74, 6) is 1.33. The molecule has 0 N–H and O–H groups in total. The molecule has 1 aromatic heterocycles. The van der Waals surface area contributed by atoms with E-state index in [0.29, 0.717) is 23.8 Å². The smallest absolute Gasteiger partial charge is 0.270 e. The number of methoxy groups -OCH3 is 1. The first-order valence-corrected chi connectivity index (χ1v) is 8.52. The van der Waals surface area contributed by atoms with Crippen LogP contribution in [0.5, 0.6) is 11.5 Å². The van der Waals surface area contributed by atoms with Crippen LogP contribution in [0.2, 0.25) is 0 Å². The Morgan fingerprint density at radius 3 is 2.72 bits per heavy atom. The van der Waals surface area contributed by atoms with Crippen LogP contribution in [-0.4, -0.2) is 23.6 Å². The molecule has 6 nitrogen and oxygen atoms in total. The maximum atomic E-state index is 10.9. The average molecular weight is 356 g/mol. The highest BCUT2D eigenvalue weighted by Crippen LogP contribution is 2.35. The molecule has 0 amide bonds. The van der Waals surface area contributed by atoms with Crippen molar-refractivity contribution >= 4 is 17.0 Å². The number of ether oxygens (including phenoxy) is 2. The molecule has 0 spiro atoms. The first kappa shape index (κ1) is 16.9. The standard InChI is InChI=1S/C18H16N2O4S/c1-3-24-16-8-7-13(10-17(16)23-2)18-19-15(11-25-18)12-5-4-6-14(9-12)20(21)22/h4-11H,3H2,1-2H3. The maximum Gasteiger partial charge on any atom is 0.270 e. The summed E-state index contributed by atoms with van der Waals surface area (Å²) < 4.78 is 10.9. The van der Waals surface area contributed by atoms with Gasteiger partial charge in [0.05, 0.1) is 24.3 Å². The normalized spacial score (nSPS) is 10.5. The largest absolute Gasteiger partial charge is 0.493 e. The van der Waals surface area contributed by atoms with Gasteiger partial charge in [0.2, 0.25) is 0 Å². The van der Waals surface area contributed by atoms with E-state index in [-0.39, 0.29) is 5.69 Å². The summed E-state index contributed by atoms with van der Waals surface area (Å²) in [6.07, 6.45) is 0. The number of hydrogen-bond acceptors (Lipinski definition) is 6. The molecule has 25 heavy (non-hydrogen) atoms. The zero-order valence-corrected chi connectivity index (χ0v) is 14.6. The van der Waals surface area contributed by atoms with Crippen LogP contribution in [0.3, 0.4) is 0 Å². The zero-order valence-electron chi connectivity index (χ0n) is 13.8. The Hall–Kier alpha value is -2.93. The fourth-order valence-corrected chi connectivity index (χ4v) is 3.22. The highest BCUT2D eigenvalue weighted by molar-refractivity contribution is 7.13. The van der Waals surface area contributed by atoms with Gasteiger partial charge in [0, 0.05) is 28.6 Å². The lowest BCUT2D eigenvalue weighted by Crippen LogP contribution is -1.95. The van der Waals surface area contributed by atoms with Crippen molar-refractivity contribution in [1.29, 1.82) is 0 Å². The van der Waals surface area contributed by atoms with E-state index in [4.69, 9.17) is 9.47 Å². The predicted molar refractivity (Wildman–Crippen MR) is 97.4 cm³/mol. The van der Waals surface area contributed by atoms with Crippen LogP contribution < -0.4 is 9.47 Å². The van der Waals surface area contributed by atoms with Crippen molar-refractivity contribution in [2.75, 3.05) is 13.7 Å². The topological polar surface area (TPSA) is 74.5 Å². The van der Waals surface area contributed by atoms with Crippen molar-refractivity contribution in [3.05, 3.63) is 58.0 Å². The summed E-state index contributed by atoms with van der Waals surface area (Å²) in [5, 5.41) is 13.6. The molecule has 1 heterocycles. The van der Waals surface area contributed by atoms with Gasteiger partial charge in [-0.25, -0.2) is 4.98 Å². The lowest BCUT2D eigenvalue weighted by molar-refractivity contribution is -0.384. The molecule has 0 fully saturated rings. The molecule has 0 saturated heterocycles. The van der Waals surface area contributed by atoms with Gasteiger partial charge in [-0.2, -0.15) is 0 Å². The minimum absolute atomic E-state index is 0.0507. The van der Waals surface area contributed by atoms with Crippen molar-refractivity contribution in [2.24, 2.45) is 0 Å². The molecule has 128 valence electrons. The van der Waals surface area contributed by atoms with Gasteiger partial charge in [0.1, 0.15) is 5.01 Å². The summed E-state index contributed by atoms with van der Waals surface area (Å²) in [7, 11) is 1.60. The van der Waals surface area contributed by atoms with E-state index in [1.165, 1.54) is 23.5 Å². The Balaban J connectivity index is 1.94. The van der Waals surface area contributed by atoms with Crippen molar-refractivity contribution in [2.45, 2.75) is 6.92 Å². The number of aromatic nitrogens is 1. The van der Waals surface area contributed by atoms with Gasteiger partial charge in [0.15, 0.2) is 11.5 Å². The summed E-state index contributed by atoms with van der Waals surface area (Å²) in [4.78, 5) is 15.1. The third kappa shape index (κ3) is 3.61. The Morgan fingerprint density at radius 2 is 2.00 bits per heavy atom. The van der Waals surface area contributed by atoms with E-state index in [9.17, 15) is 10.1 Å². The summed E-state index contributed by atoms with van der Waals surface area (Å²) >= 11 is 1.47. The Labute approximate surface area is 148 Å². The first-order valence-electron chi connectivity index (χ1n) is 7.64. The predicted octanol–water partition coefficient (Wildman–Crippen LogP) is 4.79. The van der Waals surface area contributed by atoms with Crippen LogP contribution >= 0.6 is 11.3 Å². The molecule has 0 atom stereocenters. The summed E-state index contributed by atoms with van der Waals surface area (Å²) in [6, 6.07) is 12.1. The lowest BCUT2D eigenvalue weighted by Gasteiger charge is -2.09. The van der Waals surface area contributed by atoms with Gasteiger partial charge in [-0.3, -0.25) is 10.1 Å². The molecular formula is C18H16N2O4S. The van der Waals surface area contributed by atoms with Crippen LogP contribution in [0.15, 0.2) is 47.8 Å². The van der Waals surface area contributed by atoms with Crippen molar-refractivity contribution in [3.63, 3.8) is 0 Å². The molecule has 2 aromatic carbocycles.